The number of hydrogen-bond acceptors (Lipinski definition) is 5. The van der Waals surface area contributed by atoms with Gasteiger partial charge < -0.3 is 4.74 Å². The Kier molecular flexibility index (Phi) is 3.72. The summed E-state index contributed by atoms with van der Waals surface area (Å²) < 4.78 is 5.11. The van der Waals surface area contributed by atoms with Crippen LogP contribution in [0.15, 0.2) is 12.3 Å². The number of pyridine rings is 1. The van der Waals surface area contributed by atoms with Crippen LogP contribution in [0.3, 0.4) is 0 Å². The van der Waals surface area contributed by atoms with E-state index < -0.39 is 0 Å². The van der Waals surface area contributed by atoms with Gasteiger partial charge in [-0.15, -0.1) is 0 Å². The van der Waals surface area contributed by atoms with Gasteiger partial charge in [0.05, 0.1) is 7.11 Å². The number of carbonyl (C=O) groups is 1. The van der Waals surface area contributed by atoms with Crippen LogP contribution in [0.2, 0.25) is 0 Å². The fourth-order valence-electron chi connectivity index (χ4n) is 2.02. The predicted octanol–water partition coefficient (Wildman–Crippen LogP) is 1.24. The van der Waals surface area contributed by atoms with Crippen molar-refractivity contribution in [1.29, 1.82) is 5.26 Å². The van der Waals surface area contributed by atoms with Gasteiger partial charge in [-0.25, -0.2) is 4.98 Å². The smallest absolute Gasteiger partial charge is 0.228 e. The van der Waals surface area contributed by atoms with Crippen molar-refractivity contribution in [3.8, 4) is 11.8 Å². The summed E-state index contributed by atoms with van der Waals surface area (Å²) in [6, 6.07) is 3.65. The van der Waals surface area contributed by atoms with E-state index in [2.05, 4.69) is 17.6 Å². The Balaban J connectivity index is 2.40. The van der Waals surface area contributed by atoms with Gasteiger partial charge >= 0.3 is 0 Å². The van der Waals surface area contributed by atoms with Crippen LogP contribution in [0.4, 0.5) is 5.82 Å². The van der Waals surface area contributed by atoms with Gasteiger partial charge in [0.2, 0.25) is 5.91 Å². The molecule has 0 saturated carbocycles. The van der Waals surface area contributed by atoms with E-state index >= 15 is 0 Å². The third-order valence-electron chi connectivity index (χ3n) is 2.94. The topological polar surface area (TPSA) is 66.2 Å². The first-order valence-corrected chi connectivity index (χ1v) is 6.18. The van der Waals surface area contributed by atoms with Crippen molar-refractivity contribution >= 4 is 24.4 Å². The van der Waals surface area contributed by atoms with E-state index in [9.17, 15) is 10.1 Å². The van der Waals surface area contributed by atoms with E-state index in [1.54, 1.807) is 11.0 Å². The Morgan fingerprint density at radius 1 is 1.72 bits per heavy atom. The van der Waals surface area contributed by atoms with Gasteiger partial charge in [0, 0.05) is 19.2 Å². The van der Waals surface area contributed by atoms with Gasteiger partial charge in [0.25, 0.3) is 0 Å². The van der Waals surface area contributed by atoms with Crippen molar-refractivity contribution in [2.24, 2.45) is 5.92 Å². The first-order chi connectivity index (χ1) is 8.71. The second-order valence-electron chi connectivity index (χ2n) is 4.08. The maximum atomic E-state index is 11.9. The highest BCUT2D eigenvalue weighted by Gasteiger charge is 2.32. The minimum absolute atomic E-state index is 0.0219. The molecule has 18 heavy (non-hydrogen) atoms. The lowest BCUT2D eigenvalue weighted by Crippen LogP contribution is -2.26. The monoisotopic (exact) mass is 263 g/mol. The highest BCUT2D eigenvalue weighted by molar-refractivity contribution is 7.80. The third-order valence-corrected chi connectivity index (χ3v) is 3.46. The fraction of sp³-hybridized carbons (Fsp3) is 0.417. The quantitative estimate of drug-likeness (QED) is 0.833. The number of nitriles is 1. The standard InChI is InChI=1S/C12H13N3O2S/c1-17-10-2-3-14-12(9(10)5-13)15-6-8(7-18)4-11(15)16/h2-3,8,18H,4,6-7H2,1H3. The number of anilines is 1. The zero-order valence-corrected chi connectivity index (χ0v) is 10.9. The van der Waals surface area contributed by atoms with Gasteiger partial charge in [-0.3, -0.25) is 9.69 Å². The molecule has 94 valence electrons. The molecular formula is C12H13N3O2S. The summed E-state index contributed by atoms with van der Waals surface area (Å²) in [6.45, 7) is 0.553. The molecule has 1 aliphatic heterocycles. The molecule has 0 bridgehead atoms. The highest BCUT2D eigenvalue weighted by atomic mass is 32.1. The molecule has 1 fully saturated rings. The maximum absolute atomic E-state index is 11.9. The lowest BCUT2D eigenvalue weighted by molar-refractivity contribution is -0.117. The molecule has 0 aromatic carbocycles. The van der Waals surface area contributed by atoms with Crippen molar-refractivity contribution in [3.05, 3.63) is 17.8 Å². The van der Waals surface area contributed by atoms with Gasteiger partial charge in [0.1, 0.15) is 17.4 Å². The molecule has 1 aromatic rings. The average molecular weight is 263 g/mol. The first kappa shape index (κ1) is 12.7. The molecule has 0 radical (unpaired) electrons. The molecule has 2 rings (SSSR count). The third kappa shape index (κ3) is 2.14. The van der Waals surface area contributed by atoms with Gasteiger partial charge in [-0.05, 0) is 17.7 Å². The SMILES string of the molecule is COc1ccnc(N2CC(CS)CC2=O)c1C#N. The average Bonchev–Trinajstić information content (AvgIpc) is 2.78. The van der Waals surface area contributed by atoms with Crippen LogP contribution in [0.5, 0.6) is 5.75 Å². The number of rotatable bonds is 3. The highest BCUT2D eigenvalue weighted by Crippen LogP contribution is 2.30. The molecule has 1 aliphatic rings. The number of thiol groups is 1. The van der Waals surface area contributed by atoms with Crippen LogP contribution in [-0.2, 0) is 4.79 Å². The molecule has 1 amide bonds. The molecule has 6 heteroatoms. The van der Waals surface area contributed by atoms with E-state index in [4.69, 9.17) is 4.74 Å². The summed E-state index contributed by atoms with van der Waals surface area (Å²) in [7, 11) is 1.49. The van der Waals surface area contributed by atoms with E-state index in [0.717, 1.165) is 0 Å². The fourth-order valence-corrected chi connectivity index (χ4v) is 2.27. The number of carbonyl (C=O) groups excluding carboxylic acids is 1. The minimum Gasteiger partial charge on any atom is -0.495 e. The first-order valence-electron chi connectivity index (χ1n) is 5.55. The Bertz CT molecular complexity index is 513. The summed E-state index contributed by atoms with van der Waals surface area (Å²) in [5.74, 6) is 1.65. The normalized spacial score (nSPS) is 18.8. The van der Waals surface area contributed by atoms with Crippen LogP contribution in [0.1, 0.15) is 12.0 Å². The predicted molar refractivity (Wildman–Crippen MR) is 69.8 cm³/mol. The molecule has 1 atom stereocenters. The lowest BCUT2D eigenvalue weighted by Gasteiger charge is -2.17. The van der Waals surface area contributed by atoms with Crippen LogP contribution in [-0.4, -0.2) is 30.3 Å². The number of aromatic nitrogens is 1. The van der Waals surface area contributed by atoms with E-state index in [1.807, 2.05) is 6.07 Å². The molecule has 0 N–H and O–H groups in total. The zero-order valence-electron chi connectivity index (χ0n) is 9.96. The molecule has 0 aliphatic carbocycles. The van der Waals surface area contributed by atoms with Crippen LogP contribution in [0, 0.1) is 17.2 Å². The van der Waals surface area contributed by atoms with Crippen molar-refractivity contribution in [2.45, 2.75) is 6.42 Å². The molecule has 0 spiro atoms. The van der Waals surface area contributed by atoms with Gasteiger partial charge in [-0.2, -0.15) is 17.9 Å². The molecule has 2 heterocycles. The zero-order chi connectivity index (χ0) is 13.1. The van der Waals surface area contributed by atoms with Gasteiger partial charge in [-0.1, -0.05) is 0 Å². The van der Waals surface area contributed by atoms with Crippen molar-refractivity contribution < 1.29 is 9.53 Å². The minimum atomic E-state index is -0.0219. The van der Waals surface area contributed by atoms with Gasteiger partial charge in [0.15, 0.2) is 5.82 Å². The summed E-state index contributed by atoms with van der Waals surface area (Å²) >= 11 is 4.21. The largest absolute Gasteiger partial charge is 0.495 e. The number of amides is 1. The number of nitrogens with zero attached hydrogens (tertiary/aromatic N) is 3. The number of hydrogen-bond donors (Lipinski definition) is 1. The Morgan fingerprint density at radius 2 is 2.50 bits per heavy atom. The summed E-state index contributed by atoms with van der Waals surface area (Å²) in [5.41, 5.74) is 0.299. The molecule has 1 aromatic heterocycles. The van der Waals surface area contributed by atoms with Crippen LogP contribution >= 0.6 is 12.6 Å². The maximum Gasteiger partial charge on any atom is 0.228 e. The molecule has 5 nitrogen and oxygen atoms in total. The lowest BCUT2D eigenvalue weighted by atomic mass is 10.1. The van der Waals surface area contributed by atoms with E-state index in [-0.39, 0.29) is 11.8 Å². The van der Waals surface area contributed by atoms with Crippen molar-refractivity contribution in [2.75, 3.05) is 24.3 Å². The number of methoxy groups -OCH3 is 1. The van der Waals surface area contributed by atoms with Crippen molar-refractivity contribution in [3.63, 3.8) is 0 Å². The van der Waals surface area contributed by atoms with E-state index in [0.29, 0.717) is 35.8 Å². The Morgan fingerprint density at radius 3 is 3.06 bits per heavy atom. The Hall–Kier alpha value is -1.74. The second kappa shape index (κ2) is 5.27. The van der Waals surface area contributed by atoms with E-state index in [1.165, 1.54) is 13.3 Å². The Labute approximate surface area is 111 Å². The molecular weight excluding hydrogens is 250 g/mol. The molecule has 1 saturated heterocycles. The summed E-state index contributed by atoms with van der Waals surface area (Å²) in [4.78, 5) is 17.6. The second-order valence-corrected chi connectivity index (χ2v) is 4.45. The van der Waals surface area contributed by atoms with Crippen LogP contribution < -0.4 is 9.64 Å². The van der Waals surface area contributed by atoms with Crippen molar-refractivity contribution in [1.82, 2.24) is 4.98 Å². The summed E-state index contributed by atoms with van der Waals surface area (Å²) in [6.07, 6.45) is 1.99. The summed E-state index contributed by atoms with van der Waals surface area (Å²) in [5, 5.41) is 9.18. The van der Waals surface area contributed by atoms with Crippen LogP contribution in [0.25, 0.3) is 0 Å². The molecule has 1 unspecified atom stereocenters. The number of ether oxygens (including phenoxy) is 1.